The van der Waals surface area contributed by atoms with Crippen LogP contribution < -0.4 is 11.1 Å². The quantitative estimate of drug-likeness (QED) is 0.570. The monoisotopic (exact) mass is 372 g/mol. The number of rotatable bonds is 3. The highest BCUT2D eigenvalue weighted by Gasteiger charge is 2.17. The second-order valence-electron chi connectivity index (χ2n) is 3.82. The molecule has 98 valence electrons. The molecule has 0 amide bonds. The third-order valence-electron chi connectivity index (χ3n) is 2.51. The average molecular weight is 372 g/mol. The van der Waals surface area contributed by atoms with Gasteiger partial charge in [0.05, 0.1) is 11.4 Å². The predicted octanol–water partition coefficient (Wildman–Crippen LogP) is 3.45. The molecule has 0 unspecified atom stereocenters. The van der Waals surface area contributed by atoms with Crippen molar-refractivity contribution in [2.75, 3.05) is 11.1 Å². The van der Waals surface area contributed by atoms with E-state index < -0.39 is 11.8 Å². The second-order valence-corrected chi connectivity index (χ2v) is 5.07. The van der Waals surface area contributed by atoms with Crippen molar-refractivity contribution in [3.63, 3.8) is 0 Å². The Morgan fingerprint density at radius 3 is 2.68 bits per heavy atom. The van der Waals surface area contributed by atoms with Gasteiger partial charge >= 0.3 is 5.97 Å². The van der Waals surface area contributed by atoms with Crippen LogP contribution in [0.5, 0.6) is 0 Å². The van der Waals surface area contributed by atoms with Crippen LogP contribution in [-0.2, 0) is 0 Å². The minimum Gasteiger partial charge on any atom is -0.478 e. The summed E-state index contributed by atoms with van der Waals surface area (Å²) in [4.78, 5) is 11.2. The maximum atomic E-state index is 13.3. The summed E-state index contributed by atoms with van der Waals surface area (Å²) in [5, 5.41) is 12.0. The van der Waals surface area contributed by atoms with Crippen LogP contribution in [0.3, 0.4) is 0 Å². The Bertz CT molecular complexity index is 647. The van der Waals surface area contributed by atoms with E-state index in [0.717, 1.165) is 9.64 Å². The highest BCUT2D eigenvalue weighted by Crippen LogP contribution is 2.28. The van der Waals surface area contributed by atoms with E-state index in [-0.39, 0.29) is 16.9 Å². The van der Waals surface area contributed by atoms with Crippen LogP contribution in [0.25, 0.3) is 0 Å². The molecule has 0 atom stereocenters. The van der Waals surface area contributed by atoms with Crippen LogP contribution in [0.4, 0.5) is 21.5 Å². The van der Waals surface area contributed by atoms with Gasteiger partial charge in [-0.15, -0.1) is 0 Å². The first kappa shape index (κ1) is 13.6. The maximum Gasteiger partial charge on any atom is 0.340 e. The molecule has 19 heavy (non-hydrogen) atoms. The van der Waals surface area contributed by atoms with Crippen LogP contribution in [0.15, 0.2) is 36.4 Å². The molecule has 0 aliphatic rings. The van der Waals surface area contributed by atoms with E-state index in [1.54, 1.807) is 6.07 Å². The van der Waals surface area contributed by atoms with Crippen molar-refractivity contribution in [3.05, 3.63) is 51.3 Å². The summed E-state index contributed by atoms with van der Waals surface area (Å²) in [6, 6.07) is 9.85. The van der Waals surface area contributed by atoms with Gasteiger partial charge in [-0.1, -0.05) is 6.07 Å². The zero-order chi connectivity index (χ0) is 14.0. The van der Waals surface area contributed by atoms with Crippen LogP contribution in [0, 0.1) is 9.39 Å². The van der Waals surface area contributed by atoms with E-state index in [9.17, 15) is 9.18 Å². The van der Waals surface area contributed by atoms with Crippen molar-refractivity contribution in [1.29, 1.82) is 0 Å². The van der Waals surface area contributed by atoms with E-state index >= 15 is 0 Å². The zero-order valence-corrected chi connectivity index (χ0v) is 11.8. The Balaban J connectivity index is 2.46. The lowest BCUT2D eigenvalue weighted by Gasteiger charge is -2.12. The molecule has 0 bridgehead atoms. The molecule has 0 fully saturated rings. The smallest absolute Gasteiger partial charge is 0.340 e. The van der Waals surface area contributed by atoms with Gasteiger partial charge in [0.2, 0.25) is 0 Å². The van der Waals surface area contributed by atoms with Crippen molar-refractivity contribution in [2.45, 2.75) is 0 Å². The number of carboxylic acid groups (broad SMARTS) is 1. The van der Waals surface area contributed by atoms with Crippen molar-refractivity contribution >= 4 is 45.6 Å². The number of hydrogen-bond acceptors (Lipinski definition) is 3. The molecule has 0 aliphatic heterocycles. The summed E-state index contributed by atoms with van der Waals surface area (Å²) in [6.45, 7) is 0. The number of nitrogens with one attached hydrogen (secondary N) is 1. The standard InChI is InChI=1S/C13H10FIN2O2/c14-9-4-5-10(11(12(9)16)13(18)19)17-8-3-1-2-7(15)6-8/h1-6,17H,16H2,(H,18,19). The van der Waals surface area contributed by atoms with Gasteiger partial charge in [0.1, 0.15) is 11.4 Å². The van der Waals surface area contributed by atoms with Crippen molar-refractivity contribution in [1.82, 2.24) is 0 Å². The Morgan fingerprint density at radius 2 is 2.05 bits per heavy atom. The van der Waals surface area contributed by atoms with Crippen molar-refractivity contribution < 1.29 is 14.3 Å². The molecular formula is C13H10FIN2O2. The first-order valence-electron chi connectivity index (χ1n) is 5.33. The molecule has 4 N–H and O–H groups in total. The lowest BCUT2D eigenvalue weighted by atomic mass is 10.1. The largest absolute Gasteiger partial charge is 0.478 e. The topological polar surface area (TPSA) is 75.3 Å². The van der Waals surface area contributed by atoms with Crippen LogP contribution in [0.1, 0.15) is 10.4 Å². The summed E-state index contributed by atoms with van der Waals surface area (Å²) in [7, 11) is 0. The Kier molecular flexibility index (Phi) is 3.89. The molecule has 2 aromatic carbocycles. The zero-order valence-electron chi connectivity index (χ0n) is 9.65. The molecule has 2 rings (SSSR count). The number of carbonyl (C=O) groups is 1. The van der Waals surface area contributed by atoms with E-state index in [0.29, 0.717) is 5.69 Å². The first-order chi connectivity index (χ1) is 8.99. The highest BCUT2D eigenvalue weighted by atomic mass is 127. The van der Waals surface area contributed by atoms with Gasteiger partial charge < -0.3 is 16.2 Å². The van der Waals surface area contributed by atoms with Crippen molar-refractivity contribution in [2.24, 2.45) is 0 Å². The number of carboxylic acids is 1. The maximum absolute atomic E-state index is 13.3. The summed E-state index contributed by atoms with van der Waals surface area (Å²) in [5.74, 6) is -2.02. The third-order valence-corrected chi connectivity index (χ3v) is 3.18. The Morgan fingerprint density at radius 1 is 1.32 bits per heavy atom. The third kappa shape index (κ3) is 2.95. The number of benzene rings is 2. The minimum atomic E-state index is -1.27. The molecule has 4 nitrogen and oxygen atoms in total. The number of nitrogens with two attached hydrogens (primary N) is 1. The summed E-state index contributed by atoms with van der Waals surface area (Å²) < 4.78 is 14.3. The molecule has 2 aromatic rings. The Hall–Kier alpha value is -1.83. The molecule has 0 heterocycles. The molecule has 6 heteroatoms. The molecule has 0 saturated carbocycles. The van der Waals surface area contributed by atoms with Crippen LogP contribution in [-0.4, -0.2) is 11.1 Å². The van der Waals surface area contributed by atoms with Gasteiger partial charge in [-0.3, -0.25) is 0 Å². The van der Waals surface area contributed by atoms with Gasteiger partial charge in [-0.05, 0) is 52.9 Å². The fraction of sp³-hybridized carbons (Fsp3) is 0. The predicted molar refractivity (Wildman–Crippen MR) is 80.2 cm³/mol. The van der Waals surface area contributed by atoms with Gasteiger partial charge in [0.15, 0.2) is 0 Å². The fourth-order valence-corrected chi connectivity index (χ4v) is 2.19. The fourth-order valence-electron chi connectivity index (χ4n) is 1.65. The number of hydrogen-bond donors (Lipinski definition) is 3. The molecule has 0 radical (unpaired) electrons. The van der Waals surface area contributed by atoms with E-state index in [2.05, 4.69) is 27.9 Å². The van der Waals surface area contributed by atoms with Crippen LogP contribution >= 0.6 is 22.6 Å². The SMILES string of the molecule is Nc1c(F)ccc(Nc2cccc(I)c2)c1C(=O)O. The van der Waals surface area contributed by atoms with Gasteiger partial charge in [-0.2, -0.15) is 0 Å². The van der Waals surface area contributed by atoms with E-state index in [1.165, 1.54) is 6.07 Å². The van der Waals surface area contributed by atoms with Gasteiger partial charge in [0.25, 0.3) is 0 Å². The first-order valence-corrected chi connectivity index (χ1v) is 6.41. The number of nitrogen functional groups attached to an aromatic ring is 1. The molecule has 0 aromatic heterocycles. The summed E-state index contributed by atoms with van der Waals surface area (Å²) >= 11 is 2.14. The van der Waals surface area contributed by atoms with Gasteiger partial charge in [-0.25, -0.2) is 9.18 Å². The normalized spacial score (nSPS) is 10.2. The Labute approximate surface area is 122 Å². The van der Waals surface area contributed by atoms with E-state index in [4.69, 9.17) is 10.8 Å². The minimum absolute atomic E-state index is 0.258. The lowest BCUT2D eigenvalue weighted by molar-refractivity contribution is 0.0698. The number of anilines is 3. The highest BCUT2D eigenvalue weighted by molar-refractivity contribution is 14.1. The van der Waals surface area contributed by atoms with Crippen molar-refractivity contribution in [3.8, 4) is 0 Å². The van der Waals surface area contributed by atoms with E-state index in [1.807, 2.05) is 18.2 Å². The van der Waals surface area contributed by atoms with Gasteiger partial charge in [0, 0.05) is 9.26 Å². The number of aromatic carboxylic acids is 1. The van der Waals surface area contributed by atoms with Crippen LogP contribution in [0.2, 0.25) is 0 Å². The summed E-state index contributed by atoms with van der Waals surface area (Å²) in [5.41, 5.74) is 5.80. The molecule has 0 aliphatic carbocycles. The second kappa shape index (κ2) is 5.43. The molecular weight excluding hydrogens is 362 g/mol. The lowest BCUT2D eigenvalue weighted by Crippen LogP contribution is -2.08. The summed E-state index contributed by atoms with van der Waals surface area (Å²) in [6.07, 6.45) is 0. The molecule has 0 spiro atoms. The number of halogens is 2. The average Bonchev–Trinajstić information content (AvgIpc) is 2.33. The molecule has 0 saturated heterocycles.